The van der Waals surface area contributed by atoms with Gasteiger partial charge in [-0.05, 0) is 17.7 Å². The highest BCUT2D eigenvalue weighted by Crippen LogP contribution is 2.29. The van der Waals surface area contributed by atoms with E-state index in [1.165, 1.54) is 6.07 Å². The highest BCUT2D eigenvalue weighted by molar-refractivity contribution is 14.0. The van der Waals surface area contributed by atoms with E-state index >= 15 is 0 Å². The van der Waals surface area contributed by atoms with E-state index < -0.39 is 11.7 Å². The summed E-state index contributed by atoms with van der Waals surface area (Å²) in [7, 11) is 1.59. The molecule has 1 rings (SSSR count). The summed E-state index contributed by atoms with van der Waals surface area (Å²) in [6.45, 7) is 4.35. The Morgan fingerprint density at radius 2 is 2.05 bits per heavy atom. The van der Waals surface area contributed by atoms with Crippen molar-refractivity contribution in [1.29, 1.82) is 0 Å². The summed E-state index contributed by atoms with van der Waals surface area (Å²) in [6.07, 6.45) is -2.66. The number of halogens is 4. The first-order valence-corrected chi connectivity index (χ1v) is 5.69. The fraction of sp³-hybridized carbons (Fsp3) is 0.308. The Hall–Kier alpha value is -1.25. The second-order valence-electron chi connectivity index (χ2n) is 3.79. The first-order chi connectivity index (χ1) is 8.97. The maximum absolute atomic E-state index is 12.5. The maximum atomic E-state index is 12.5. The molecule has 1 aromatic rings. The zero-order valence-electron chi connectivity index (χ0n) is 11.0. The van der Waals surface area contributed by atoms with Gasteiger partial charge in [0.25, 0.3) is 0 Å². The highest BCUT2D eigenvalue weighted by atomic mass is 127. The molecule has 0 saturated carbocycles. The standard InChI is InChI=1S/C13H16F3N3.HI/c1-3-7-18-12(17-2)19-9-10-5-4-6-11(8-10)13(14,15)16;/h3-6,8H,1,7,9H2,2H3,(H2,17,18,19);1H. The summed E-state index contributed by atoms with van der Waals surface area (Å²) in [5.74, 6) is 0.511. The van der Waals surface area contributed by atoms with Crippen LogP contribution in [0.2, 0.25) is 0 Å². The van der Waals surface area contributed by atoms with Gasteiger partial charge in [-0.15, -0.1) is 30.6 Å². The van der Waals surface area contributed by atoms with E-state index in [1.54, 1.807) is 19.2 Å². The summed E-state index contributed by atoms with van der Waals surface area (Å²) in [5, 5.41) is 5.86. The van der Waals surface area contributed by atoms with Gasteiger partial charge in [0.2, 0.25) is 0 Å². The van der Waals surface area contributed by atoms with Crippen LogP contribution in [0.1, 0.15) is 11.1 Å². The van der Waals surface area contributed by atoms with Gasteiger partial charge in [-0.3, -0.25) is 4.99 Å². The van der Waals surface area contributed by atoms with Gasteiger partial charge in [0.1, 0.15) is 0 Å². The fourth-order valence-electron chi connectivity index (χ4n) is 1.43. The molecule has 0 aromatic heterocycles. The van der Waals surface area contributed by atoms with Crippen molar-refractivity contribution in [3.63, 3.8) is 0 Å². The number of rotatable bonds is 4. The summed E-state index contributed by atoms with van der Waals surface area (Å²) in [6, 6.07) is 5.19. The quantitative estimate of drug-likeness (QED) is 0.353. The third kappa shape index (κ3) is 6.27. The number of benzene rings is 1. The molecule has 0 atom stereocenters. The molecular weight excluding hydrogens is 382 g/mol. The molecule has 20 heavy (non-hydrogen) atoms. The molecule has 0 radical (unpaired) electrons. The smallest absolute Gasteiger partial charge is 0.353 e. The Morgan fingerprint density at radius 3 is 2.60 bits per heavy atom. The second-order valence-corrected chi connectivity index (χ2v) is 3.79. The zero-order chi connectivity index (χ0) is 14.3. The van der Waals surface area contributed by atoms with Crippen LogP contribution in [0.5, 0.6) is 0 Å². The van der Waals surface area contributed by atoms with Gasteiger partial charge in [-0.25, -0.2) is 0 Å². The number of aliphatic imine (C=N–C) groups is 1. The second kappa shape index (κ2) is 8.83. The van der Waals surface area contributed by atoms with Crippen molar-refractivity contribution in [2.45, 2.75) is 12.7 Å². The van der Waals surface area contributed by atoms with E-state index in [0.29, 0.717) is 18.1 Å². The van der Waals surface area contributed by atoms with Crippen LogP contribution in [0.3, 0.4) is 0 Å². The van der Waals surface area contributed by atoms with Gasteiger partial charge in [-0.2, -0.15) is 13.2 Å². The molecular formula is C13H17F3IN3. The zero-order valence-corrected chi connectivity index (χ0v) is 13.3. The van der Waals surface area contributed by atoms with Crippen molar-refractivity contribution in [2.24, 2.45) is 4.99 Å². The van der Waals surface area contributed by atoms with Gasteiger partial charge in [0.15, 0.2) is 5.96 Å². The van der Waals surface area contributed by atoms with Crippen molar-refractivity contribution in [3.8, 4) is 0 Å². The van der Waals surface area contributed by atoms with E-state index in [-0.39, 0.29) is 30.5 Å². The third-order valence-corrected chi connectivity index (χ3v) is 2.35. The topological polar surface area (TPSA) is 36.4 Å². The molecule has 0 bridgehead atoms. The molecule has 112 valence electrons. The largest absolute Gasteiger partial charge is 0.416 e. The van der Waals surface area contributed by atoms with Crippen LogP contribution < -0.4 is 10.6 Å². The molecule has 0 aliphatic carbocycles. The minimum atomic E-state index is -4.32. The lowest BCUT2D eigenvalue weighted by Gasteiger charge is -2.12. The summed E-state index contributed by atoms with van der Waals surface area (Å²) >= 11 is 0. The van der Waals surface area contributed by atoms with Gasteiger partial charge in [0.05, 0.1) is 5.56 Å². The van der Waals surface area contributed by atoms with Crippen LogP contribution in [0.4, 0.5) is 13.2 Å². The van der Waals surface area contributed by atoms with E-state index in [4.69, 9.17) is 0 Å². The number of hydrogen-bond acceptors (Lipinski definition) is 1. The third-order valence-electron chi connectivity index (χ3n) is 2.35. The van der Waals surface area contributed by atoms with E-state index in [0.717, 1.165) is 12.1 Å². The normalized spacial score (nSPS) is 11.5. The molecule has 1 aromatic carbocycles. The predicted octanol–water partition coefficient (Wildman–Crippen LogP) is 3.17. The Bertz CT molecular complexity index is 458. The summed E-state index contributed by atoms with van der Waals surface area (Å²) < 4.78 is 37.6. The average molecular weight is 399 g/mol. The highest BCUT2D eigenvalue weighted by Gasteiger charge is 2.30. The number of nitrogens with zero attached hydrogens (tertiary/aromatic N) is 1. The minimum Gasteiger partial charge on any atom is -0.353 e. The van der Waals surface area contributed by atoms with Crippen LogP contribution in [0.25, 0.3) is 0 Å². The number of nitrogens with one attached hydrogen (secondary N) is 2. The van der Waals surface area contributed by atoms with Crippen LogP contribution in [-0.4, -0.2) is 19.6 Å². The SMILES string of the molecule is C=CCNC(=NC)NCc1cccc(C(F)(F)F)c1.I. The molecule has 0 aliphatic rings. The molecule has 0 saturated heterocycles. The minimum absolute atomic E-state index is 0. The molecule has 3 nitrogen and oxygen atoms in total. The number of guanidine groups is 1. The van der Waals surface area contributed by atoms with Crippen LogP contribution in [-0.2, 0) is 12.7 Å². The first-order valence-electron chi connectivity index (χ1n) is 5.69. The lowest BCUT2D eigenvalue weighted by Crippen LogP contribution is -2.36. The lowest BCUT2D eigenvalue weighted by atomic mass is 10.1. The molecule has 7 heteroatoms. The van der Waals surface area contributed by atoms with Crippen molar-refractivity contribution in [3.05, 3.63) is 48.0 Å². The van der Waals surface area contributed by atoms with Gasteiger partial charge < -0.3 is 10.6 Å². The van der Waals surface area contributed by atoms with Gasteiger partial charge in [-0.1, -0.05) is 18.2 Å². The molecule has 2 N–H and O–H groups in total. The first kappa shape index (κ1) is 18.8. The monoisotopic (exact) mass is 399 g/mol. The van der Waals surface area contributed by atoms with Crippen molar-refractivity contribution in [2.75, 3.05) is 13.6 Å². The number of alkyl halides is 3. The van der Waals surface area contributed by atoms with Crippen LogP contribution in [0, 0.1) is 0 Å². The Balaban J connectivity index is 0.00000361. The van der Waals surface area contributed by atoms with Crippen molar-refractivity contribution < 1.29 is 13.2 Å². The lowest BCUT2D eigenvalue weighted by molar-refractivity contribution is -0.137. The van der Waals surface area contributed by atoms with E-state index in [9.17, 15) is 13.2 Å². The fourth-order valence-corrected chi connectivity index (χ4v) is 1.43. The van der Waals surface area contributed by atoms with Crippen molar-refractivity contribution in [1.82, 2.24) is 10.6 Å². The van der Waals surface area contributed by atoms with E-state index in [1.807, 2.05) is 0 Å². The van der Waals surface area contributed by atoms with Gasteiger partial charge in [0, 0.05) is 20.1 Å². The summed E-state index contributed by atoms with van der Waals surface area (Å²) in [5.41, 5.74) is -0.114. The van der Waals surface area contributed by atoms with Gasteiger partial charge >= 0.3 is 6.18 Å². The average Bonchev–Trinajstić information content (AvgIpc) is 2.38. The predicted molar refractivity (Wildman–Crippen MR) is 85.3 cm³/mol. The molecule has 0 heterocycles. The van der Waals surface area contributed by atoms with Crippen molar-refractivity contribution >= 4 is 29.9 Å². The number of hydrogen-bond donors (Lipinski definition) is 2. The maximum Gasteiger partial charge on any atom is 0.416 e. The Kier molecular flexibility index (Phi) is 8.28. The molecule has 0 amide bonds. The van der Waals surface area contributed by atoms with E-state index in [2.05, 4.69) is 22.2 Å². The summed E-state index contributed by atoms with van der Waals surface area (Å²) in [4.78, 5) is 3.94. The Morgan fingerprint density at radius 1 is 1.35 bits per heavy atom. The molecule has 0 aliphatic heterocycles. The molecule has 0 fully saturated rings. The molecule has 0 unspecified atom stereocenters. The van der Waals surface area contributed by atoms with Crippen LogP contribution >= 0.6 is 24.0 Å². The Labute approximate surface area is 133 Å². The molecule has 0 spiro atoms. The van der Waals surface area contributed by atoms with Crippen LogP contribution in [0.15, 0.2) is 41.9 Å².